The van der Waals surface area contributed by atoms with E-state index in [1.165, 1.54) is 0 Å². The number of carbonyl (C=O) groups excluding carboxylic acids is 1. The molecule has 0 radical (unpaired) electrons. The topological polar surface area (TPSA) is 72.9 Å². The van der Waals surface area contributed by atoms with Gasteiger partial charge in [0.05, 0.1) is 11.4 Å². The minimum atomic E-state index is 0.375. The lowest BCUT2D eigenvalue weighted by Crippen LogP contribution is -2.15. The molecule has 0 fully saturated rings. The molecule has 0 aliphatic heterocycles. The number of nitrogens with zero attached hydrogens (tertiary/aromatic N) is 2. The molecule has 5 heteroatoms. The fourth-order valence-corrected chi connectivity index (χ4v) is 1.02. The van der Waals surface area contributed by atoms with E-state index in [1.54, 1.807) is 23.0 Å². The van der Waals surface area contributed by atoms with Gasteiger partial charge in [-0.15, -0.1) is 0 Å². The maximum atomic E-state index is 10.2. The maximum Gasteiger partial charge on any atom is 0.211 e. The third kappa shape index (κ3) is 3.13. The van der Waals surface area contributed by atoms with Gasteiger partial charge in [0.2, 0.25) is 6.41 Å². The molecule has 1 rings (SSSR count). The van der Waals surface area contributed by atoms with Crippen LogP contribution in [0.1, 0.15) is 6.92 Å². The zero-order valence-corrected chi connectivity index (χ0v) is 9.05. The fraction of sp³-hybridized carbons (Fsp3) is 0.0909. The van der Waals surface area contributed by atoms with Crippen LogP contribution in [0.5, 0.6) is 0 Å². The third-order valence-electron chi connectivity index (χ3n) is 1.95. The summed E-state index contributed by atoms with van der Waals surface area (Å²) in [4.78, 5) is 10.2. The molecule has 16 heavy (non-hydrogen) atoms. The molecule has 0 aromatic carbocycles. The third-order valence-corrected chi connectivity index (χ3v) is 1.95. The van der Waals surface area contributed by atoms with E-state index < -0.39 is 0 Å². The minimum Gasteiger partial charge on any atom is -0.397 e. The molecule has 0 bridgehead atoms. The Balaban J connectivity index is 2.74. The molecule has 5 nitrogen and oxygen atoms in total. The predicted octanol–water partition coefficient (Wildman–Crippen LogP) is 0.846. The SMILES string of the molecule is C=C(NC=O)/C(N)=C\C=C(/C)n1cccn1. The molecule has 1 aromatic rings. The molecule has 0 aliphatic carbocycles. The Kier molecular flexibility index (Phi) is 4.08. The Morgan fingerprint density at radius 1 is 1.56 bits per heavy atom. The number of nitrogens with two attached hydrogens (primary N) is 1. The van der Waals surface area contributed by atoms with Crippen molar-refractivity contribution in [1.82, 2.24) is 15.1 Å². The van der Waals surface area contributed by atoms with E-state index >= 15 is 0 Å². The standard InChI is InChI=1S/C11H14N4O/c1-9(15-7-3-6-14-15)4-5-11(12)10(2)13-8-16/h3-8H,2,12H2,1H3,(H,13,16)/b9-4+,11-5+. The van der Waals surface area contributed by atoms with Crippen molar-refractivity contribution in [3.05, 3.63) is 48.6 Å². The molecule has 0 atom stereocenters. The Bertz CT molecular complexity index is 429. The van der Waals surface area contributed by atoms with Crippen molar-refractivity contribution in [2.24, 2.45) is 5.73 Å². The number of amides is 1. The van der Waals surface area contributed by atoms with Gasteiger partial charge in [0.25, 0.3) is 0 Å². The van der Waals surface area contributed by atoms with Crippen LogP contribution in [0.2, 0.25) is 0 Å². The summed E-state index contributed by atoms with van der Waals surface area (Å²) < 4.78 is 1.71. The van der Waals surface area contributed by atoms with Crippen molar-refractivity contribution in [3.8, 4) is 0 Å². The van der Waals surface area contributed by atoms with Crippen molar-refractivity contribution >= 4 is 12.1 Å². The van der Waals surface area contributed by atoms with Gasteiger partial charge in [-0.3, -0.25) is 4.79 Å². The molecule has 0 saturated heterocycles. The second-order valence-corrected chi connectivity index (χ2v) is 3.12. The molecule has 1 heterocycles. The van der Waals surface area contributed by atoms with Crippen molar-refractivity contribution in [1.29, 1.82) is 0 Å². The van der Waals surface area contributed by atoms with Gasteiger partial charge in [-0.2, -0.15) is 5.10 Å². The Morgan fingerprint density at radius 2 is 2.31 bits per heavy atom. The van der Waals surface area contributed by atoms with E-state index in [1.807, 2.05) is 19.2 Å². The average Bonchev–Trinajstić information content (AvgIpc) is 2.79. The second kappa shape index (κ2) is 5.55. The molecular weight excluding hydrogens is 204 g/mol. The highest BCUT2D eigenvalue weighted by Gasteiger charge is 1.95. The van der Waals surface area contributed by atoms with Crippen molar-refractivity contribution in [3.63, 3.8) is 0 Å². The summed E-state index contributed by atoms with van der Waals surface area (Å²) >= 11 is 0. The Hall–Kier alpha value is -2.30. The lowest BCUT2D eigenvalue weighted by Gasteiger charge is -2.03. The van der Waals surface area contributed by atoms with Crippen molar-refractivity contribution in [2.75, 3.05) is 0 Å². The zero-order valence-electron chi connectivity index (χ0n) is 9.05. The number of carbonyl (C=O) groups is 1. The average molecular weight is 218 g/mol. The van der Waals surface area contributed by atoms with Crippen molar-refractivity contribution in [2.45, 2.75) is 6.92 Å². The minimum absolute atomic E-state index is 0.375. The van der Waals surface area contributed by atoms with Crippen LogP contribution in [0, 0.1) is 0 Å². The van der Waals surface area contributed by atoms with Gasteiger partial charge < -0.3 is 11.1 Å². The number of allylic oxidation sites excluding steroid dienone is 3. The number of hydrogen-bond donors (Lipinski definition) is 2. The molecule has 0 saturated carbocycles. The molecule has 1 aromatic heterocycles. The van der Waals surface area contributed by atoms with E-state index in [-0.39, 0.29) is 0 Å². The Labute approximate surface area is 93.9 Å². The van der Waals surface area contributed by atoms with Crippen molar-refractivity contribution < 1.29 is 4.79 Å². The fourth-order valence-electron chi connectivity index (χ4n) is 1.02. The summed E-state index contributed by atoms with van der Waals surface area (Å²) in [5.41, 5.74) is 7.36. The van der Waals surface area contributed by atoms with Gasteiger partial charge in [0.1, 0.15) is 0 Å². The smallest absolute Gasteiger partial charge is 0.211 e. The Morgan fingerprint density at radius 3 is 2.88 bits per heavy atom. The van der Waals surface area contributed by atoms with Gasteiger partial charge in [-0.05, 0) is 25.1 Å². The molecular formula is C11H14N4O. The van der Waals surface area contributed by atoms with Gasteiger partial charge in [-0.1, -0.05) is 6.58 Å². The second-order valence-electron chi connectivity index (χ2n) is 3.12. The van der Waals surface area contributed by atoms with Crippen LogP contribution in [0.25, 0.3) is 5.70 Å². The highest BCUT2D eigenvalue weighted by molar-refractivity contribution is 5.53. The number of hydrogen-bond acceptors (Lipinski definition) is 3. The molecule has 0 spiro atoms. The highest BCUT2D eigenvalue weighted by atomic mass is 16.1. The summed E-state index contributed by atoms with van der Waals surface area (Å²) in [6, 6.07) is 1.83. The van der Waals surface area contributed by atoms with Crippen LogP contribution in [0.3, 0.4) is 0 Å². The summed E-state index contributed by atoms with van der Waals surface area (Å²) in [5, 5.41) is 6.44. The monoisotopic (exact) mass is 218 g/mol. The van der Waals surface area contributed by atoms with Gasteiger partial charge >= 0.3 is 0 Å². The van der Waals surface area contributed by atoms with Crippen LogP contribution in [0.15, 0.2) is 48.6 Å². The lowest BCUT2D eigenvalue weighted by atomic mass is 10.3. The molecule has 84 valence electrons. The lowest BCUT2D eigenvalue weighted by molar-refractivity contribution is -0.108. The first kappa shape index (κ1) is 11.8. The number of rotatable bonds is 5. The summed E-state index contributed by atoms with van der Waals surface area (Å²) in [5.74, 6) is 0. The van der Waals surface area contributed by atoms with E-state index in [0.717, 1.165) is 5.70 Å². The van der Waals surface area contributed by atoms with E-state index in [2.05, 4.69) is 17.0 Å². The molecule has 0 aliphatic rings. The quantitative estimate of drug-likeness (QED) is 0.568. The van der Waals surface area contributed by atoms with Crippen LogP contribution >= 0.6 is 0 Å². The molecule has 3 N–H and O–H groups in total. The summed E-state index contributed by atoms with van der Waals surface area (Å²) in [6.07, 6.45) is 7.51. The van der Waals surface area contributed by atoms with E-state index in [9.17, 15) is 4.79 Å². The van der Waals surface area contributed by atoms with Gasteiger partial charge in [-0.25, -0.2) is 4.68 Å². The predicted molar refractivity (Wildman–Crippen MR) is 62.8 cm³/mol. The first-order valence-corrected chi connectivity index (χ1v) is 4.68. The number of nitrogens with one attached hydrogen (secondary N) is 1. The van der Waals surface area contributed by atoms with E-state index in [0.29, 0.717) is 17.8 Å². The van der Waals surface area contributed by atoms with Gasteiger partial charge in [0.15, 0.2) is 0 Å². The zero-order chi connectivity index (χ0) is 12.0. The summed E-state index contributed by atoms with van der Waals surface area (Å²) in [6.45, 7) is 5.49. The van der Waals surface area contributed by atoms with Crippen LogP contribution in [-0.4, -0.2) is 16.2 Å². The largest absolute Gasteiger partial charge is 0.397 e. The molecule has 0 unspecified atom stereocenters. The normalized spacial score (nSPS) is 12.3. The first-order chi connectivity index (χ1) is 7.65. The van der Waals surface area contributed by atoms with Crippen LogP contribution < -0.4 is 11.1 Å². The van der Waals surface area contributed by atoms with Crippen LogP contribution in [-0.2, 0) is 4.79 Å². The van der Waals surface area contributed by atoms with E-state index in [4.69, 9.17) is 5.73 Å². The summed E-state index contributed by atoms with van der Waals surface area (Å²) in [7, 11) is 0. The van der Waals surface area contributed by atoms with Crippen LogP contribution in [0.4, 0.5) is 0 Å². The van der Waals surface area contributed by atoms with Gasteiger partial charge in [0, 0.05) is 18.1 Å². The molecule has 1 amide bonds. The maximum absolute atomic E-state index is 10.2. The highest BCUT2D eigenvalue weighted by Crippen LogP contribution is 2.03. The number of aromatic nitrogens is 2. The first-order valence-electron chi connectivity index (χ1n) is 4.68.